The van der Waals surface area contributed by atoms with Gasteiger partial charge in [0, 0.05) is 35.7 Å². The van der Waals surface area contributed by atoms with Crippen molar-refractivity contribution in [3.63, 3.8) is 0 Å². The first kappa shape index (κ1) is 26.0. The predicted molar refractivity (Wildman–Crippen MR) is 131 cm³/mol. The Morgan fingerprint density at radius 2 is 1.75 bits per heavy atom. The van der Waals surface area contributed by atoms with E-state index in [1.807, 2.05) is 0 Å². The molecule has 1 fully saturated rings. The number of nitrogens with one attached hydrogen (secondary N) is 2. The zero-order chi connectivity index (χ0) is 26.5. The van der Waals surface area contributed by atoms with Crippen LogP contribution in [0.15, 0.2) is 18.2 Å². The van der Waals surface area contributed by atoms with E-state index in [4.69, 9.17) is 43.0 Å². The van der Waals surface area contributed by atoms with Crippen LogP contribution in [-0.4, -0.2) is 66.0 Å². The van der Waals surface area contributed by atoms with Crippen LogP contribution in [0.1, 0.15) is 39.9 Å². The van der Waals surface area contributed by atoms with Gasteiger partial charge in [-0.25, -0.2) is 0 Å². The van der Waals surface area contributed by atoms with Crippen molar-refractivity contribution in [2.75, 3.05) is 0 Å². The van der Waals surface area contributed by atoms with Crippen LogP contribution < -0.4 is 32.5 Å². The SMILES string of the molecule is [B]c1c([B])c(C(F)(F)C(=O)NCc2ccc3c(c2)CN(C2CCC(=O)NC2=O)C3=O)c([B])c([B])c1Cl. The molecule has 2 aromatic rings. The molecule has 7 nitrogen and oxygen atoms in total. The van der Waals surface area contributed by atoms with Gasteiger partial charge in [-0.3, -0.25) is 24.5 Å². The molecule has 0 spiro atoms. The normalized spacial score (nSPS) is 17.7. The summed E-state index contributed by atoms with van der Waals surface area (Å²) >= 11 is 5.84. The van der Waals surface area contributed by atoms with E-state index in [1.165, 1.54) is 17.0 Å². The van der Waals surface area contributed by atoms with E-state index in [1.54, 1.807) is 6.07 Å². The number of nitrogens with zero attached hydrogens (tertiary/aromatic N) is 1. The van der Waals surface area contributed by atoms with E-state index in [9.17, 15) is 19.2 Å². The van der Waals surface area contributed by atoms with Crippen molar-refractivity contribution in [2.45, 2.75) is 37.9 Å². The largest absolute Gasteiger partial charge is 0.348 e. The fourth-order valence-electron chi connectivity index (χ4n) is 4.28. The van der Waals surface area contributed by atoms with Gasteiger partial charge in [0.2, 0.25) is 11.8 Å². The topological polar surface area (TPSA) is 95.6 Å². The lowest BCUT2D eigenvalue weighted by Crippen LogP contribution is -2.52. The monoisotopic (exact) mass is 501 g/mol. The van der Waals surface area contributed by atoms with Gasteiger partial charge in [0.05, 0.1) is 0 Å². The highest BCUT2D eigenvalue weighted by atomic mass is 35.5. The highest BCUT2D eigenvalue weighted by Crippen LogP contribution is 2.29. The fraction of sp³-hybridized carbons (Fsp3) is 0.273. The van der Waals surface area contributed by atoms with E-state index in [0.717, 1.165) is 0 Å². The third-order valence-electron chi connectivity index (χ3n) is 6.23. The zero-order valence-corrected chi connectivity index (χ0v) is 19.4. The van der Waals surface area contributed by atoms with Crippen LogP contribution in [0.3, 0.4) is 0 Å². The standard InChI is InChI=1S/C22H14B4ClF2N3O4/c23-14-13(15(24)17(26)18(27)16(14)25)22(28,29)21(36)30-6-8-1-2-10-9(5-8)7-32(20(10)35)11-3-4-12(33)31-19(11)34/h1-2,5,11H,3-4,6-7H2,(H,30,36)(H,31,33,34). The van der Waals surface area contributed by atoms with Crippen molar-refractivity contribution in [3.05, 3.63) is 45.5 Å². The number of carbonyl (C=O) groups is 4. The Kier molecular flexibility index (Phi) is 6.81. The minimum Gasteiger partial charge on any atom is -0.346 e. The number of piperidine rings is 1. The lowest BCUT2D eigenvalue weighted by atomic mass is 9.66. The Labute approximate surface area is 215 Å². The van der Waals surface area contributed by atoms with Gasteiger partial charge >= 0.3 is 5.92 Å². The predicted octanol–water partition coefficient (Wildman–Crippen LogP) is -2.32. The highest BCUT2D eigenvalue weighted by Gasteiger charge is 2.44. The molecule has 0 bridgehead atoms. The van der Waals surface area contributed by atoms with Crippen molar-refractivity contribution in [1.82, 2.24) is 15.5 Å². The molecular weight excluding hydrogens is 487 g/mol. The third kappa shape index (κ3) is 4.34. The quantitative estimate of drug-likeness (QED) is 0.356. The summed E-state index contributed by atoms with van der Waals surface area (Å²) in [6.45, 7) is -0.221. The smallest absolute Gasteiger partial charge is 0.346 e. The molecule has 0 aliphatic carbocycles. The molecule has 2 aliphatic rings. The van der Waals surface area contributed by atoms with Crippen molar-refractivity contribution >= 4 is 88.5 Å². The van der Waals surface area contributed by atoms with Gasteiger partial charge < -0.3 is 10.2 Å². The lowest BCUT2D eigenvalue weighted by molar-refractivity contribution is -0.146. The van der Waals surface area contributed by atoms with E-state index < -0.39 is 57.1 Å². The molecule has 4 amide bonds. The first-order chi connectivity index (χ1) is 16.8. The molecular formula is C22H14B4ClF2N3O4. The molecule has 4 rings (SSSR count). The minimum absolute atomic E-state index is 0.0920. The number of hydrogen-bond acceptors (Lipinski definition) is 4. The van der Waals surface area contributed by atoms with Crippen molar-refractivity contribution in [2.24, 2.45) is 0 Å². The molecule has 36 heavy (non-hydrogen) atoms. The summed E-state index contributed by atoms with van der Waals surface area (Å²) < 4.78 is 30.0. The first-order valence-corrected chi connectivity index (χ1v) is 11.1. The summed E-state index contributed by atoms with van der Waals surface area (Å²) in [6.07, 6.45) is 0.316. The average Bonchev–Trinajstić information content (AvgIpc) is 3.15. The van der Waals surface area contributed by atoms with Gasteiger partial charge in [-0.1, -0.05) is 45.6 Å². The van der Waals surface area contributed by atoms with E-state index in [-0.39, 0.29) is 36.9 Å². The molecule has 0 saturated carbocycles. The van der Waals surface area contributed by atoms with Gasteiger partial charge in [-0.05, 0) is 23.6 Å². The highest BCUT2D eigenvalue weighted by molar-refractivity contribution is 6.64. The van der Waals surface area contributed by atoms with E-state index in [0.29, 0.717) is 16.7 Å². The number of hydrogen-bond donors (Lipinski definition) is 2. The maximum atomic E-state index is 15.0. The Hall–Kier alpha value is -3.07. The number of carbonyl (C=O) groups excluding carboxylic acids is 4. The summed E-state index contributed by atoms with van der Waals surface area (Å²) in [5.74, 6) is -7.22. The molecule has 1 unspecified atom stereocenters. The number of fused-ring (bicyclic) bond motifs is 1. The maximum absolute atomic E-state index is 15.0. The van der Waals surface area contributed by atoms with Crippen molar-refractivity contribution < 1.29 is 28.0 Å². The van der Waals surface area contributed by atoms with Crippen molar-refractivity contribution in [1.29, 1.82) is 0 Å². The Balaban J connectivity index is 1.50. The van der Waals surface area contributed by atoms with Crippen LogP contribution in [0.4, 0.5) is 8.78 Å². The second kappa shape index (κ2) is 9.42. The lowest BCUT2D eigenvalue weighted by Gasteiger charge is -2.29. The minimum atomic E-state index is -4.18. The molecule has 1 saturated heterocycles. The molecule has 14 heteroatoms. The van der Waals surface area contributed by atoms with Gasteiger partial charge in [-0.2, -0.15) is 8.78 Å². The molecule has 2 N–H and O–H groups in total. The molecule has 2 heterocycles. The molecule has 2 aromatic carbocycles. The number of alkyl halides is 2. The molecule has 0 aromatic heterocycles. The Morgan fingerprint density at radius 1 is 1.11 bits per heavy atom. The van der Waals surface area contributed by atoms with E-state index in [2.05, 4.69) is 10.6 Å². The number of benzene rings is 2. The average molecular weight is 501 g/mol. The molecule has 1 atom stereocenters. The molecule has 2 aliphatic heterocycles. The summed E-state index contributed by atoms with van der Waals surface area (Å²) in [6, 6.07) is 3.75. The summed E-state index contributed by atoms with van der Waals surface area (Å²) in [5, 5.41) is 4.04. The molecule has 174 valence electrons. The van der Waals surface area contributed by atoms with E-state index >= 15 is 8.78 Å². The van der Waals surface area contributed by atoms with Crippen LogP contribution in [0.2, 0.25) is 5.02 Å². The number of halogens is 3. The van der Waals surface area contributed by atoms with Crippen LogP contribution in [0.25, 0.3) is 0 Å². The second-order valence-electron chi connectivity index (χ2n) is 8.49. The van der Waals surface area contributed by atoms with Gasteiger partial charge in [0.25, 0.3) is 11.8 Å². The third-order valence-corrected chi connectivity index (χ3v) is 6.64. The number of imide groups is 1. The summed E-state index contributed by atoms with van der Waals surface area (Å²) in [5.41, 5.74) is -1.88. The van der Waals surface area contributed by atoms with Crippen LogP contribution in [-0.2, 0) is 33.4 Å². The summed E-state index contributed by atoms with van der Waals surface area (Å²) in [4.78, 5) is 50.1. The number of amides is 4. The van der Waals surface area contributed by atoms with Crippen molar-refractivity contribution in [3.8, 4) is 0 Å². The number of rotatable bonds is 5. The molecule has 8 radical (unpaired) electrons. The van der Waals surface area contributed by atoms with Crippen LogP contribution >= 0.6 is 11.6 Å². The van der Waals surface area contributed by atoms with Crippen LogP contribution in [0, 0.1) is 0 Å². The zero-order valence-electron chi connectivity index (χ0n) is 18.7. The van der Waals surface area contributed by atoms with Gasteiger partial charge in [0.1, 0.15) is 37.4 Å². The second-order valence-corrected chi connectivity index (χ2v) is 8.87. The fourth-order valence-corrected chi connectivity index (χ4v) is 4.48. The van der Waals surface area contributed by atoms with Crippen LogP contribution in [0.5, 0.6) is 0 Å². The Bertz CT molecular complexity index is 1310. The van der Waals surface area contributed by atoms with Gasteiger partial charge in [-0.15, -0.1) is 0 Å². The van der Waals surface area contributed by atoms with Gasteiger partial charge in [0.15, 0.2) is 0 Å². The Morgan fingerprint density at radius 3 is 2.36 bits per heavy atom. The first-order valence-electron chi connectivity index (χ1n) is 10.7. The maximum Gasteiger partial charge on any atom is 0.348 e. The summed E-state index contributed by atoms with van der Waals surface area (Å²) in [7, 11) is 22.6.